The maximum absolute atomic E-state index is 12.3. The van der Waals surface area contributed by atoms with Crippen LogP contribution in [0.1, 0.15) is 12.8 Å². The molecule has 1 aliphatic rings. The molecule has 4 nitrogen and oxygen atoms in total. The Labute approximate surface area is 74.4 Å². The maximum atomic E-state index is 12.3. The zero-order valence-electron chi connectivity index (χ0n) is 6.88. The van der Waals surface area contributed by atoms with E-state index in [2.05, 4.69) is 0 Å². The third kappa shape index (κ3) is 2.91. The van der Waals surface area contributed by atoms with Crippen LogP contribution in [0, 0.1) is 5.92 Å². The van der Waals surface area contributed by atoms with Gasteiger partial charge in [-0.25, -0.2) is 17.2 Å². The first-order chi connectivity index (χ1) is 5.70. The predicted molar refractivity (Wildman–Crippen MR) is 40.7 cm³/mol. The van der Waals surface area contributed by atoms with Crippen LogP contribution in [-0.2, 0) is 14.8 Å². The van der Waals surface area contributed by atoms with Crippen LogP contribution >= 0.6 is 0 Å². The van der Waals surface area contributed by atoms with Crippen LogP contribution in [0.15, 0.2) is 0 Å². The molecular formula is C6H9F2NO3S. The maximum Gasteiger partial charge on any atom is 0.249 e. The lowest BCUT2D eigenvalue weighted by Crippen LogP contribution is -2.46. The number of alkyl halides is 2. The lowest BCUT2D eigenvalue weighted by molar-refractivity contribution is -0.148. The lowest BCUT2D eigenvalue weighted by atomic mass is 9.81. The van der Waals surface area contributed by atoms with Crippen molar-refractivity contribution in [3.8, 4) is 0 Å². The van der Waals surface area contributed by atoms with Gasteiger partial charge in [-0.15, -0.1) is 0 Å². The van der Waals surface area contributed by atoms with Crippen molar-refractivity contribution in [2.24, 2.45) is 5.92 Å². The van der Waals surface area contributed by atoms with Crippen LogP contribution in [0.2, 0.25) is 0 Å². The van der Waals surface area contributed by atoms with E-state index in [-0.39, 0.29) is 0 Å². The molecule has 0 aromatic rings. The average Bonchev–Trinajstić information content (AvgIpc) is 1.77. The first-order valence-electron chi connectivity index (χ1n) is 3.59. The topological polar surface area (TPSA) is 63.2 Å². The quantitative estimate of drug-likeness (QED) is 0.708. The Bertz CT molecular complexity index is 317. The zero-order chi connectivity index (χ0) is 10.3. The fourth-order valence-electron chi connectivity index (χ4n) is 1.11. The van der Waals surface area contributed by atoms with E-state index in [0.29, 0.717) is 0 Å². The fourth-order valence-corrected chi connectivity index (χ4v) is 1.64. The first-order valence-corrected chi connectivity index (χ1v) is 5.48. The van der Waals surface area contributed by atoms with Gasteiger partial charge in [0.2, 0.25) is 21.9 Å². The van der Waals surface area contributed by atoms with Crippen molar-refractivity contribution in [1.29, 1.82) is 0 Å². The molecule has 13 heavy (non-hydrogen) atoms. The number of sulfonamides is 1. The lowest BCUT2D eigenvalue weighted by Gasteiger charge is -2.33. The molecule has 1 saturated carbocycles. The fraction of sp³-hybridized carbons (Fsp3) is 0.833. The molecule has 0 atom stereocenters. The number of amides is 1. The van der Waals surface area contributed by atoms with Crippen molar-refractivity contribution in [3.05, 3.63) is 0 Å². The van der Waals surface area contributed by atoms with E-state index in [1.54, 1.807) is 4.72 Å². The van der Waals surface area contributed by atoms with Crippen molar-refractivity contribution < 1.29 is 22.0 Å². The Morgan fingerprint density at radius 2 is 1.92 bits per heavy atom. The van der Waals surface area contributed by atoms with Crippen molar-refractivity contribution in [1.82, 2.24) is 4.72 Å². The van der Waals surface area contributed by atoms with Gasteiger partial charge in [0.15, 0.2) is 0 Å². The highest BCUT2D eigenvalue weighted by molar-refractivity contribution is 7.89. The van der Waals surface area contributed by atoms with Gasteiger partial charge in [0.05, 0.1) is 12.2 Å². The van der Waals surface area contributed by atoms with Gasteiger partial charge in [-0.3, -0.25) is 9.52 Å². The monoisotopic (exact) mass is 213 g/mol. The van der Waals surface area contributed by atoms with E-state index >= 15 is 0 Å². The summed E-state index contributed by atoms with van der Waals surface area (Å²) in [7, 11) is -3.63. The minimum atomic E-state index is -3.63. The van der Waals surface area contributed by atoms with Gasteiger partial charge < -0.3 is 0 Å². The van der Waals surface area contributed by atoms with Crippen LogP contribution in [0.4, 0.5) is 8.78 Å². The third-order valence-electron chi connectivity index (χ3n) is 1.75. The van der Waals surface area contributed by atoms with E-state index in [1.807, 2.05) is 0 Å². The van der Waals surface area contributed by atoms with Crippen LogP contribution in [0.25, 0.3) is 0 Å². The summed E-state index contributed by atoms with van der Waals surface area (Å²) < 4.78 is 47.2. The van der Waals surface area contributed by atoms with Gasteiger partial charge in [0, 0.05) is 12.8 Å². The minimum Gasteiger partial charge on any atom is -0.274 e. The standard InChI is InChI=1S/C6H9F2NO3S/c1-13(11,12)9-5(10)4-2-6(7,8)3-4/h4H,2-3H2,1H3,(H,9,10). The molecule has 0 aliphatic heterocycles. The van der Waals surface area contributed by atoms with Gasteiger partial charge in [0.1, 0.15) is 0 Å². The van der Waals surface area contributed by atoms with Crippen molar-refractivity contribution in [2.45, 2.75) is 18.8 Å². The highest BCUT2D eigenvalue weighted by atomic mass is 32.2. The second-order valence-electron chi connectivity index (χ2n) is 3.20. The molecule has 1 N–H and O–H groups in total. The Balaban J connectivity index is 2.45. The number of halogens is 2. The van der Waals surface area contributed by atoms with E-state index in [9.17, 15) is 22.0 Å². The Kier molecular flexibility index (Phi) is 2.31. The molecular weight excluding hydrogens is 204 g/mol. The molecule has 0 aromatic carbocycles. The highest BCUT2D eigenvalue weighted by Gasteiger charge is 2.49. The molecule has 0 unspecified atom stereocenters. The SMILES string of the molecule is CS(=O)(=O)NC(=O)C1CC(F)(F)C1. The van der Waals surface area contributed by atoms with Gasteiger partial charge in [-0.2, -0.15) is 0 Å². The summed E-state index contributed by atoms with van der Waals surface area (Å²) in [6.07, 6.45) is -0.315. The molecule has 1 rings (SSSR count). The van der Waals surface area contributed by atoms with Crippen molar-refractivity contribution in [3.63, 3.8) is 0 Å². The Hall–Kier alpha value is -0.720. The molecule has 0 saturated heterocycles. The van der Waals surface area contributed by atoms with Crippen LogP contribution in [0.3, 0.4) is 0 Å². The summed E-state index contributed by atoms with van der Waals surface area (Å²) in [5, 5.41) is 0. The van der Waals surface area contributed by atoms with Gasteiger partial charge in [0.25, 0.3) is 0 Å². The zero-order valence-corrected chi connectivity index (χ0v) is 7.70. The Morgan fingerprint density at radius 1 is 1.46 bits per heavy atom. The van der Waals surface area contributed by atoms with Crippen molar-refractivity contribution >= 4 is 15.9 Å². The van der Waals surface area contributed by atoms with E-state index < -0.39 is 40.6 Å². The van der Waals surface area contributed by atoms with Crippen molar-refractivity contribution in [2.75, 3.05) is 6.26 Å². The molecule has 1 amide bonds. The van der Waals surface area contributed by atoms with Gasteiger partial charge in [-0.1, -0.05) is 0 Å². The number of hydrogen-bond donors (Lipinski definition) is 1. The molecule has 76 valence electrons. The first kappa shape index (κ1) is 10.4. The van der Waals surface area contributed by atoms with Crippen LogP contribution < -0.4 is 4.72 Å². The molecule has 7 heteroatoms. The van der Waals surface area contributed by atoms with Gasteiger partial charge >= 0.3 is 0 Å². The normalized spacial score (nSPS) is 22.1. The largest absolute Gasteiger partial charge is 0.274 e. The van der Waals surface area contributed by atoms with Gasteiger partial charge in [-0.05, 0) is 0 Å². The third-order valence-corrected chi connectivity index (χ3v) is 2.32. The van der Waals surface area contributed by atoms with E-state index in [1.165, 1.54) is 0 Å². The molecule has 1 aliphatic carbocycles. The number of hydrogen-bond acceptors (Lipinski definition) is 3. The Morgan fingerprint density at radius 3 is 2.23 bits per heavy atom. The molecule has 0 radical (unpaired) electrons. The van der Waals surface area contributed by atoms with E-state index in [4.69, 9.17) is 0 Å². The summed E-state index contributed by atoms with van der Waals surface area (Å²) in [5.74, 6) is -4.52. The number of carbonyl (C=O) groups excluding carboxylic acids is 1. The highest BCUT2D eigenvalue weighted by Crippen LogP contribution is 2.42. The second kappa shape index (κ2) is 2.90. The molecule has 0 bridgehead atoms. The average molecular weight is 213 g/mol. The predicted octanol–water partition coefficient (Wildman–Crippen LogP) is 0.107. The molecule has 0 aromatic heterocycles. The molecule has 0 heterocycles. The number of nitrogens with one attached hydrogen (secondary N) is 1. The summed E-state index contributed by atoms with van der Waals surface area (Å²) in [5.41, 5.74) is 0. The summed E-state index contributed by atoms with van der Waals surface area (Å²) in [4.78, 5) is 10.9. The second-order valence-corrected chi connectivity index (χ2v) is 4.95. The number of rotatable bonds is 2. The summed E-state index contributed by atoms with van der Waals surface area (Å²) in [6.45, 7) is 0. The van der Waals surface area contributed by atoms with Crippen LogP contribution in [-0.4, -0.2) is 26.5 Å². The summed E-state index contributed by atoms with van der Waals surface area (Å²) >= 11 is 0. The molecule has 0 spiro atoms. The van der Waals surface area contributed by atoms with E-state index in [0.717, 1.165) is 6.26 Å². The number of carbonyl (C=O) groups is 1. The van der Waals surface area contributed by atoms with Crippen LogP contribution in [0.5, 0.6) is 0 Å². The molecule has 1 fully saturated rings. The summed E-state index contributed by atoms with van der Waals surface area (Å²) in [6, 6.07) is 0. The minimum absolute atomic E-state index is 0.561. The smallest absolute Gasteiger partial charge is 0.249 e.